The molecule has 154 valence electrons. The Hall–Kier alpha value is -2.64. The van der Waals surface area contributed by atoms with Gasteiger partial charge < -0.3 is 10.2 Å². The first-order valence-corrected chi connectivity index (χ1v) is 11.2. The van der Waals surface area contributed by atoms with Crippen molar-refractivity contribution in [2.45, 2.75) is 23.8 Å². The van der Waals surface area contributed by atoms with Gasteiger partial charge in [0.2, 0.25) is 0 Å². The third-order valence-electron chi connectivity index (χ3n) is 4.48. The number of nitrogens with zero attached hydrogens (tertiary/aromatic N) is 2. The van der Waals surface area contributed by atoms with Crippen molar-refractivity contribution in [2.24, 2.45) is 0 Å². The number of halogens is 1. The maximum absolute atomic E-state index is 12.9. The highest BCUT2D eigenvalue weighted by Gasteiger charge is 2.15. The number of hydrogen-bond donors (Lipinski definition) is 1. The van der Waals surface area contributed by atoms with Gasteiger partial charge in [0.1, 0.15) is 5.03 Å². The molecule has 0 fully saturated rings. The molecular formula is C23H22BrN3O2S. The number of amides is 2. The highest BCUT2D eigenvalue weighted by atomic mass is 79.9. The number of anilines is 1. The normalized spacial score (nSPS) is 10.5. The molecule has 0 spiro atoms. The van der Waals surface area contributed by atoms with Gasteiger partial charge in [-0.15, -0.1) is 0 Å². The summed E-state index contributed by atoms with van der Waals surface area (Å²) in [5.74, 6) is -0.260. The number of benzene rings is 2. The summed E-state index contributed by atoms with van der Waals surface area (Å²) in [7, 11) is 0. The molecule has 0 bridgehead atoms. The van der Waals surface area contributed by atoms with E-state index in [-0.39, 0.29) is 11.8 Å². The predicted octanol–water partition coefficient (Wildman–Crippen LogP) is 5.73. The van der Waals surface area contributed by atoms with Crippen molar-refractivity contribution in [3.8, 4) is 0 Å². The molecule has 3 aromatic rings. The average molecular weight is 484 g/mol. The van der Waals surface area contributed by atoms with Crippen molar-refractivity contribution in [1.82, 2.24) is 9.88 Å². The molecule has 1 heterocycles. The summed E-state index contributed by atoms with van der Waals surface area (Å²) in [6.45, 7) is 5.22. The number of aromatic nitrogens is 1. The van der Waals surface area contributed by atoms with Gasteiger partial charge in [0.15, 0.2) is 0 Å². The first-order chi connectivity index (χ1) is 14.5. The van der Waals surface area contributed by atoms with E-state index in [2.05, 4.69) is 26.2 Å². The van der Waals surface area contributed by atoms with Crippen LogP contribution in [0.1, 0.15) is 34.6 Å². The standard InChI is InChI=1S/C23H22BrN3O2S/c1-3-27(4-2)23(29)16-7-11-18(12-8-16)26-21(28)20-6-5-15-25-22(20)30-19-13-9-17(24)10-14-19/h5-15H,3-4H2,1-2H3,(H,26,28). The lowest BCUT2D eigenvalue weighted by atomic mass is 10.1. The van der Waals surface area contributed by atoms with Gasteiger partial charge in [0.05, 0.1) is 5.56 Å². The van der Waals surface area contributed by atoms with Gasteiger partial charge in [0.25, 0.3) is 11.8 Å². The maximum Gasteiger partial charge on any atom is 0.258 e. The molecule has 0 radical (unpaired) electrons. The van der Waals surface area contributed by atoms with Crippen molar-refractivity contribution < 1.29 is 9.59 Å². The average Bonchev–Trinajstić information content (AvgIpc) is 2.77. The van der Waals surface area contributed by atoms with Crippen LogP contribution in [0.5, 0.6) is 0 Å². The molecule has 2 amide bonds. The van der Waals surface area contributed by atoms with Crippen LogP contribution in [0, 0.1) is 0 Å². The minimum absolute atomic E-state index is 0.0154. The quantitative estimate of drug-likeness (QED) is 0.465. The fraction of sp³-hybridized carbons (Fsp3) is 0.174. The molecule has 0 saturated heterocycles. The van der Waals surface area contributed by atoms with Gasteiger partial charge in [-0.1, -0.05) is 27.7 Å². The van der Waals surface area contributed by atoms with E-state index >= 15 is 0 Å². The number of hydrogen-bond acceptors (Lipinski definition) is 4. The lowest BCUT2D eigenvalue weighted by Gasteiger charge is -2.18. The Bertz CT molecular complexity index is 1020. The van der Waals surface area contributed by atoms with E-state index in [4.69, 9.17) is 0 Å². The van der Waals surface area contributed by atoms with Gasteiger partial charge in [-0.25, -0.2) is 4.98 Å². The van der Waals surface area contributed by atoms with Crippen LogP contribution < -0.4 is 5.32 Å². The predicted molar refractivity (Wildman–Crippen MR) is 124 cm³/mol. The second-order valence-corrected chi connectivity index (χ2v) is 8.40. The number of carbonyl (C=O) groups excluding carboxylic acids is 2. The van der Waals surface area contributed by atoms with Gasteiger partial charge in [-0.3, -0.25) is 9.59 Å². The van der Waals surface area contributed by atoms with E-state index < -0.39 is 0 Å². The third kappa shape index (κ3) is 5.49. The Morgan fingerprint density at radius 1 is 1.00 bits per heavy atom. The SMILES string of the molecule is CCN(CC)C(=O)c1ccc(NC(=O)c2cccnc2Sc2ccc(Br)cc2)cc1. The van der Waals surface area contributed by atoms with Gasteiger partial charge >= 0.3 is 0 Å². The zero-order valence-electron chi connectivity index (χ0n) is 16.8. The fourth-order valence-electron chi connectivity index (χ4n) is 2.85. The number of nitrogens with one attached hydrogen (secondary N) is 1. The molecule has 0 aliphatic rings. The van der Waals surface area contributed by atoms with Crippen molar-refractivity contribution in [3.05, 3.63) is 82.5 Å². The van der Waals surface area contributed by atoms with Crippen LogP contribution in [-0.2, 0) is 0 Å². The van der Waals surface area contributed by atoms with Crippen LogP contribution >= 0.6 is 27.7 Å². The molecule has 3 rings (SSSR count). The summed E-state index contributed by atoms with van der Waals surface area (Å²) in [5, 5.41) is 3.52. The van der Waals surface area contributed by atoms with Crippen molar-refractivity contribution >= 4 is 45.2 Å². The van der Waals surface area contributed by atoms with Gasteiger partial charge in [0, 0.05) is 39.9 Å². The lowest BCUT2D eigenvalue weighted by molar-refractivity contribution is 0.0773. The van der Waals surface area contributed by atoms with Crippen molar-refractivity contribution in [1.29, 1.82) is 0 Å². The van der Waals surface area contributed by atoms with Gasteiger partial charge in [-0.05, 0) is 74.5 Å². The molecule has 7 heteroatoms. The molecule has 1 N–H and O–H groups in total. The van der Waals surface area contributed by atoms with Crippen LogP contribution in [0.3, 0.4) is 0 Å². The summed E-state index contributed by atoms with van der Waals surface area (Å²) >= 11 is 4.86. The Balaban J connectivity index is 1.73. The molecule has 1 aromatic heterocycles. The molecule has 0 atom stereocenters. The van der Waals surface area contributed by atoms with Crippen LogP contribution in [0.2, 0.25) is 0 Å². The number of rotatable bonds is 7. The van der Waals surface area contributed by atoms with E-state index in [1.54, 1.807) is 47.5 Å². The van der Waals surface area contributed by atoms with Crippen LogP contribution in [0.4, 0.5) is 5.69 Å². The lowest BCUT2D eigenvalue weighted by Crippen LogP contribution is -2.30. The first kappa shape index (κ1) is 22.1. The van der Waals surface area contributed by atoms with Crippen LogP contribution in [0.25, 0.3) is 0 Å². The van der Waals surface area contributed by atoms with E-state index in [1.807, 2.05) is 38.1 Å². The monoisotopic (exact) mass is 483 g/mol. The summed E-state index contributed by atoms with van der Waals surface area (Å²) in [5.41, 5.74) is 1.72. The second kappa shape index (κ2) is 10.4. The largest absolute Gasteiger partial charge is 0.339 e. The highest BCUT2D eigenvalue weighted by Crippen LogP contribution is 2.30. The Morgan fingerprint density at radius 3 is 2.30 bits per heavy atom. The number of pyridine rings is 1. The zero-order chi connectivity index (χ0) is 21.5. The topological polar surface area (TPSA) is 62.3 Å². The van der Waals surface area contributed by atoms with E-state index in [1.165, 1.54) is 11.8 Å². The minimum Gasteiger partial charge on any atom is -0.339 e. The molecule has 2 aromatic carbocycles. The van der Waals surface area contributed by atoms with Crippen molar-refractivity contribution in [2.75, 3.05) is 18.4 Å². The fourth-order valence-corrected chi connectivity index (χ4v) is 3.99. The smallest absolute Gasteiger partial charge is 0.258 e. The second-order valence-electron chi connectivity index (χ2n) is 6.42. The highest BCUT2D eigenvalue weighted by molar-refractivity contribution is 9.10. The molecule has 0 aliphatic carbocycles. The van der Waals surface area contributed by atoms with E-state index in [9.17, 15) is 9.59 Å². The molecule has 0 saturated carbocycles. The maximum atomic E-state index is 12.9. The summed E-state index contributed by atoms with van der Waals surface area (Å²) in [4.78, 5) is 32.4. The summed E-state index contributed by atoms with van der Waals surface area (Å²) in [6.07, 6.45) is 1.67. The molecule has 0 aliphatic heterocycles. The number of carbonyl (C=O) groups is 2. The van der Waals surface area contributed by atoms with E-state index in [0.29, 0.717) is 34.9 Å². The van der Waals surface area contributed by atoms with Crippen molar-refractivity contribution in [3.63, 3.8) is 0 Å². The zero-order valence-corrected chi connectivity index (χ0v) is 19.2. The summed E-state index contributed by atoms with van der Waals surface area (Å²) < 4.78 is 0.994. The molecule has 30 heavy (non-hydrogen) atoms. The Labute approximate surface area is 189 Å². The first-order valence-electron chi connectivity index (χ1n) is 9.61. The molecule has 5 nitrogen and oxygen atoms in total. The minimum atomic E-state index is -0.245. The van der Waals surface area contributed by atoms with Crippen LogP contribution in [-0.4, -0.2) is 34.8 Å². The van der Waals surface area contributed by atoms with Gasteiger partial charge in [-0.2, -0.15) is 0 Å². The van der Waals surface area contributed by atoms with E-state index in [0.717, 1.165) is 9.37 Å². The summed E-state index contributed by atoms with van der Waals surface area (Å²) in [6, 6.07) is 18.3. The Kier molecular flexibility index (Phi) is 7.65. The molecular weight excluding hydrogens is 462 g/mol. The molecule has 0 unspecified atom stereocenters. The Morgan fingerprint density at radius 2 is 1.67 bits per heavy atom. The third-order valence-corrected chi connectivity index (χ3v) is 6.04. The van der Waals surface area contributed by atoms with Crippen LogP contribution in [0.15, 0.2) is 81.3 Å².